The first-order chi connectivity index (χ1) is 7.65. The van der Waals surface area contributed by atoms with Crippen molar-refractivity contribution in [1.82, 2.24) is 5.32 Å². The highest BCUT2D eigenvalue weighted by Crippen LogP contribution is 2.44. The number of aryl methyl sites for hydroxylation is 1. The minimum Gasteiger partial charge on any atom is -0.396 e. The van der Waals surface area contributed by atoms with Gasteiger partial charge in [-0.3, -0.25) is 0 Å². The molecule has 1 aliphatic carbocycles. The fourth-order valence-corrected chi connectivity index (χ4v) is 1.99. The van der Waals surface area contributed by atoms with E-state index in [9.17, 15) is 5.11 Å². The normalized spacial score (nSPS) is 19.4. The Morgan fingerprint density at radius 2 is 2.19 bits per heavy atom. The van der Waals surface area contributed by atoms with Crippen molar-refractivity contribution in [1.29, 1.82) is 0 Å². The van der Waals surface area contributed by atoms with Crippen LogP contribution in [0.2, 0.25) is 0 Å². The zero-order valence-corrected chi connectivity index (χ0v) is 10.2. The average Bonchev–Trinajstić information content (AvgIpc) is 3.07. The number of aliphatic hydroxyl groups is 1. The van der Waals surface area contributed by atoms with Gasteiger partial charge < -0.3 is 10.4 Å². The SMILES string of the molecule is Cc1cccc(C(C)NCC2(CO)CC2)c1. The Balaban J connectivity index is 1.90. The third kappa shape index (κ3) is 2.63. The van der Waals surface area contributed by atoms with E-state index in [0.717, 1.165) is 19.4 Å². The van der Waals surface area contributed by atoms with Gasteiger partial charge in [-0.25, -0.2) is 0 Å². The van der Waals surface area contributed by atoms with Gasteiger partial charge in [0.25, 0.3) is 0 Å². The van der Waals surface area contributed by atoms with Gasteiger partial charge in [-0.1, -0.05) is 29.8 Å². The Bertz CT molecular complexity index is 358. The summed E-state index contributed by atoms with van der Waals surface area (Å²) in [5, 5.41) is 12.8. The summed E-state index contributed by atoms with van der Waals surface area (Å²) < 4.78 is 0. The predicted molar refractivity (Wildman–Crippen MR) is 66.3 cm³/mol. The van der Waals surface area contributed by atoms with Crippen molar-refractivity contribution in [2.75, 3.05) is 13.2 Å². The summed E-state index contributed by atoms with van der Waals surface area (Å²) in [5.41, 5.74) is 2.82. The second kappa shape index (κ2) is 4.56. The van der Waals surface area contributed by atoms with Crippen molar-refractivity contribution in [3.8, 4) is 0 Å². The first-order valence-corrected chi connectivity index (χ1v) is 6.06. The molecule has 1 unspecified atom stereocenters. The number of nitrogens with one attached hydrogen (secondary N) is 1. The van der Waals surface area contributed by atoms with Crippen molar-refractivity contribution >= 4 is 0 Å². The predicted octanol–water partition coefficient (Wildman–Crippen LogP) is 2.42. The maximum Gasteiger partial charge on any atom is 0.0499 e. The summed E-state index contributed by atoms with van der Waals surface area (Å²) in [6.45, 7) is 5.55. The Kier molecular flexibility index (Phi) is 3.31. The number of benzene rings is 1. The fourth-order valence-electron chi connectivity index (χ4n) is 1.99. The lowest BCUT2D eigenvalue weighted by atomic mass is 10.0. The van der Waals surface area contributed by atoms with Gasteiger partial charge in [-0.15, -0.1) is 0 Å². The van der Waals surface area contributed by atoms with Gasteiger partial charge >= 0.3 is 0 Å². The lowest BCUT2D eigenvalue weighted by Crippen LogP contribution is -2.28. The molecule has 1 aliphatic rings. The van der Waals surface area contributed by atoms with E-state index >= 15 is 0 Å². The summed E-state index contributed by atoms with van der Waals surface area (Å²) in [6.07, 6.45) is 2.33. The molecule has 0 spiro atoms. The summed E-state index contributed by atoms with van der Waals surface area (Å²) in [5.74, 6) is 0. The topological polar surface area (TPSA) is 32.3 Å². The van der Waals surface area contributed by atoms with E-state index in [4.69, 9.17) is 0 Å². The number of aliphatic hydroxyl groups excluding tert-OH is 1. The molecule has 1 saturated carbocycles. The van der Waals surface area contributed by atoms with Gasteiger partial charge in [0, 0.05) is 24.6 Å². The van der Waals surface area contributed by atoms with Gasteiger partial charge in [0.15, 0.2) is 0 Å². The third-order valence-corrected chi connectivity index (χ3v) is 3.62. The zero-order valence-electron chi connectivity index (χ0n) is 10.2. The average molecular weight is 219 g/mol. The van der Waals surface area contributed by atoms with Crippen molar-refractivity contribution in [2.24, 2.45) is 5.41 Å². The van der Waals surface area contributed by atoms with Crippen LogP contribution in [0.15, 0.2) is 24.3 Å². The Morgan fingerprint density at radius 1 is 1.44 bits per heavy atom. The second-order valence-corrected chi connectivity index (χ2v) is 5.17. The molecular weight excluding hydrogens is 198 g/mol. The highest BCUT2D eigenvalue weighted by molar-refractivity contribution is 5.24. The highest BCUT2D eigenvalue weighted by atomic mass is 16.3. The maximum atomic E-state index is 9.24. The molecule has 88 valence electrons. The molecule has 1 aromatic rings. The summed E-state index contributed by atoms with van der Waals surface area (Å²) in [4.78, 5) is 0. The van der Waals surface area contributed by atoms with Crippen molar-refractivity contribution < 1.29 is 5.11 Å². The molecule has 0 amide bonds. The van der Waals surface area contributed by atoms with Gasteiger partial charge in [0.2, 0.25) is 0 Å². The Labute approximate surface area is 97.7 Å². The lowest BCUT2D eigenvalue weighted by molar-refractivity contribution is 0.204. The minimum atomic E-state index is 0.193. The first-order valence-electron chi connectivity index (χ1n) is 6.06. The van der Waals surface area contributed by atoms with Crippen LogP contribution in [-0.2, 0) is 0 Å². The largest absolute Gasteiger partial charge is 0.396 e. The summed E-state index contributed by atoms with van der Waals surface area (Å²) >= 11 is 0. The molecule has 1 aromatic carbocycles. The molecule has 0 bridgehead atoms. The van der Waals surface area contributed by atoms with Gasteiger partial charge in [-0.2, -0.15) is 0 Å². The molecule has 2 rings (SSSR count). The van der Waals surface area contributed by atoms with Gasteiger partial charge in [0.1, 0.15) is 0 Å². The lowest BCUT2D eigenvalue weighted by Gasteiger charge is -2.19. The van der Waals surface area contributed by atoms with Gasteiger partial charge in [-0.05, 0) is 32.3 Å². The van der Waals surface area contributed by atoms with Crippen LogP contribution < -0.4 is 5.32 Å². The van der Waals surface area contributed by atoms with E-state index < -0.39 is 0 Å². The van der Waals surface area contributed by atoms with Crippen LogP contribution in [0, 0.1) is 12.3 Å². The van der Waals surface area contributed by atoms with Crippen LogP contribution in [0.5, 0.6) is 0 Å². The molecule has 0 saturated heterocycles. The second-order valence-electron chi connectivity index (χ2n) is 5.17. The molecule has 0 heterocycles. The molecule has 16 heavy (non-hydrogen) atoms. The molecule has 2 nitrogen and oxygen atoms in total. The Hall–Kier alpha value is -0.860. The molecule has 2 heteroatoms. The summed E-state index contributed by atoms with van der Waals surface area (Å²) in [6, 6.07) is 8.96. The minimum absolute atomic E-state index is 0.193. The van der Waals surface area contributed by atoms with E-state index in [1.165, 1.54) is 11.1 Å². The number of rotatable bonds is 5. The van der Waals surface area contributed by atoms with Crippen LogP contribution in [0.3, 0.4) is 0 Å². The molecule has 0 radical (unpaired) electrons. The van der Waals surface area contributed by atoms with Crippen LogP contribution in [-0.4, -0.2) is 18.3 Å². The zero-order chi connectivity index (χ0) is 11.6. The van der Waals surface area contributed by atoms with Crippen molar-refractivity contribution in [3.05, 3.63) is 35.4 Å². The smallest absolute Gasteiger partial charge is 0.0499 e. The third-order valence-electron chi connectivity index (χ3n) is 3.62. The summed E-state index contributed by atoms with van der Waals surface area (Å²) in [7, 11) is 0. The first kappa shape index (κ1) is 11.6. The van der Waals surface area contributed by atoms with Crippen LogP contribution in [0.4, 0.5) is 0 Å². The standard InChI is InChI=1S/C14H21NO/c1-11-4-3-5-13(8-11)12(2)15-9-14(10-16)6-7-14/h3-5,8,12,15-16H,6-7,9-10H2,1-2H3. The number of hydrogen-bond acceptors (Lipinski definition) is 2. The maximum absolute atomic E-state index is 9.24. The molecule has 0 aliphatic heterocycles. The van der Waals surface area contributed by atoms with E-state index in [0.29, 0.717) is 12.6 Å². The van der Waals surface area contributed by atoms with E-state index in [1.807, 2.05) is 0 Å². The van der Waals surface area contributed by atoms with E-state index in [1.54, 1.807) is 0 Å². The fraction of sp³-hybridized carbons (Fsp3) is 0.571. The van der Waals surface area contributed by atoms with E-state index in [2.05, 4.69) is 43.4 Å². The van der Waals surface area contributed by atoms with E-state index in [-0.39, 0.29) is 5.41 Å². The molecule has 1 fully saturated rings. The highest BCUT2D eigenvalue weighted by Gasteiger charge is 2.41. The quantitative estimate of drug-likeness (QED) is 0.797. The molecule has 0 aromatic heterocycles. The van der Waals surface area contributed by atoms with Crippen LogP contribution >= 0.6 is 0 Å². The van der Waals surface area contributed by atoms with Crippen LogP contribution in [0.1, 0.15) is 36.9 Å². The monoisotopic (exact) mass is 219 g/mol. The molecular formula is C14H21NO. The number of hydrogen-bond donors (Lipinski definition) is 2. The van der Waals surface area contributed by atoms with Crippen LogP contribution in [0.25, 0.3) is 0 Å². The Morgan fingerprint density at radius 3 is 2.75 bits per heavy atom. The van der Waals surface area contributed by atoms with Gasteiger partial charge in [0.05, 0.1) is 0 Å². The van der Waals surface area contributed by atoms with Crippen molar-refractivity contribution in [2.45, 2.75) is 32.7 Å². The molecule has 2 N–H and O–H groups in total. The van der Waals surface area contributed by atoms with Crippen molar-refractivity contribution in [3.63, 3.8) is 0 Å². The molecule has 1 atom stereocenters.